The number of ether oxygens (including phenoxy) is 2. The zero-order valence-corrected chi connectivity index (χ0v) is 16.8. The van der Waals surface area contributed by atoms with Gasteiger partial charge in [0, 0.05) is 13.1 Å². The molecule has 1 aliphatic heterocycles. The average Bonchev–Trinajstić information content (AvgIpc) is 3.26. The molecule has 29 heavy (non-hydrogen) atoms. The first-order valence-electron chi connectivity index (χ1n) is 9.54. The molecule has 4 rings (SSSR count). The molecule has 1 atom stereocenters. The molecule has 1 aromatic carbocycles. The number of rotatable bonds is 1. The smallest absolute Gasteiger partial charge is 0.410 e. The van der Waals surface area contributed by atoms with Crippen LogP contribution in [0.5, 0.6) is 0 Å². The SMILES string of the molecule is COC(=O)C1Cc2c(c(F)c3c(nc4n3CCN(C(=O)OC(C)(C)C)C4)c2F)C1. The molecule has 0 saturated carbocycles. The van der Waals surface area contributed by atoms with Crippen LogP contribution < -0.4 is 0 Å². The molecule has 2 heterocycles. The van der Waals surface area contributed by atoms with Crippen LogP contribution >= 0.6 is 0 Å². The third-order valence-corrected chi connectivity index (χ3v) is 5.37. The fourth-order valence-corrected chi connectivity index (χ4v) is 4.06. The van der Waals surface area contributed by atoms with Crippen molar-refractivity contribution in [3.63, 3.8) is 0 Å². The summed E-state index contributed by atoms with van der Waals surface area (Å²) in [6, 6.07) is 0. The monoisotopic (exact) mass is 407 g/mol. The Bertz CT molecular complexity index is 1030. The zero-order chi connectivity index (χ0) is 21.1. The third-order valence-electron chi connectivity index (χ3n) is 5.37. The van der Waals surface area contributed by atoms with Crippen molar-refractivity contribution in [1.29, 1.82) is 0 Å². The fraction of sp³-hybridized carbons (Fsp3) is 0.550. The van der Waals surface area contributed by atoms with Gasteiger partial charge >= 0.3 is 12.1 Å². The van der Waals surface area contributed by atoms with Crippen LogP contribution in [0.1, 0.15) is 37.7 Å². The van der Waals surface area contributed by atoms with Crippen molar-refractivity contribution in [3.05, 3.63) is 28.6 Å². The van der Waals surface area contributed by atoms with Crippen molar-refractivity contribution in [2.24, 2.45) is 5.92 Å². The number of aromatic nitrogens is 2. The van der Waals surface area contributed by atoms with Gasteiger partial charge in [0.05, 0.1) is 19.6 Å². The van der Waals surface area contributed by atoms with E-state index in [0.29, 0.717) is 12.4 Å². The number of fused-ring (bicyclic) bond motifs is 4. The van der Waals surface area contributed by atoms with Crippen LogP contribution in [-0.2, 0) is 40.2 Å². The lowest BCUT2D eigenvalue weighted by molar-refractivity contribution is -0.145. The Morgan fingerprint density at radius 2 is 1.76 bits per heavy atom. The highest BCUT2D eigenvalue weighted by atomic mass is 19.1. The summed E-state index contributed by atoms with van der Waals surface area (Å²) in [5.41, 5.74) is -0.213. The van der Waals surface area contributed by atoms with Gasteiger partial charge in [-0.1, -0.05) is 0 Å². The number of hydrogen-bond donors (Lipinski definition) is 0. The maximum atomic E-state index is 15.3. The van der Waals surface area contributed by atoms with Crippen LogP contribution in [0.3, 0.4) is 0 Å². The predicted molar refractivity (Wildman–Crippen MR) is 99.2 cm³/mol. The number of hydrogen-bond acceptors (Lipinski definition) is 5. The maximum Gasteiger partial charge on any atom is 0.410 e. The van der Waals surface area contributed by atoms with E-state index in [0.717, 1.165) is 0 Å². The minimum absolute atomic E-state index is 0.0622. The Kier molecular flexibility index (Phi) is 4.51. The Balaban J connectivity index is 1.70. The topological polar surface area (TPSA) is 73.7 Å². The largest absolute Gasteiger partial charge is 0.469 e. The number of methoxy groups -OCH3 is 1. The summed E-state index contributed by atoms with van der Waals surface area (Å²) in [6.07, 6.45) is -0.293. The van der Waals surface area contributed by atoms with Crippen LogP contribution in [0.4, 0.5) is 13.6 Å². The van der Waals surface area contributed by atoms with Gasteiger partial charge in [0.2, 0.25) is 0 Å². The molecule has 0 N–H and O–H groups in total. The quantitative estimate of drug-likeness (QED) is 0.680. The van der Waals surface area contributed by atoms with E-state index in [-0.39, 0.29) is 48.1 Å². The van der Waals surface area contributed by atoms with Gasteiger partial charge in [0.1, 0.15) is 22.5 Å². The molecule has 0 bridgehead atoms. The van der Waals surface area contributed by atoms with Gasteiger partial charge in [-0.05, 0) is 44.7 Å². The second kappa shape index (κ2) is 6.67. The van der Waals surface area contributed by atoms with Gasteiger partial charge in [0.25, 0.3) is 0 Å². The zero-order valence-electron chi connectivity index (χ0n) is 16.8. The summed E-state index contributed by atoms with van der Waals surface area (Å²) >= 11 is 0. The summed E-state index contributed by atoms with van der Waals surface area (Å²) in [5.74, 6) is -1.81. The van der Waals surface area contributed by atoms with Crippen molar-refractivity contribution in [2.45, 2.75) is 52.3 Å². The van der Waals surface area contributed by atoms with Crippen molar-refractivity contribution in [1.82, 2.24) is 14.5 Å². The van der Waals surface area contributed by atoms with Crippen molar-refractivity contribution in [2.75, 3.05) is 13.7 Å². The first kappa shape index (κ1) is 19.6. The molecule has 156 valence electrons. The number of carbonyl (C=O) groups is 2. The molecule has 0 radical (unpaired) electrons. The van der Waals surface area contributed by atoms with Gasteiger partial charge < -0.3 is 14.0 Å². The number of nitrogens with zero attached hydrogens (tertiary/aromatic N) is 3. The van der Waals surface area contributed by atoms with E-state index in [1.807, 2.05) is 0 Å². The van der Waals surface area contributed by atoms with Crippen molar-refractivity contribution < 1.29 is 27.8 Å². The van der Waals surface area contributed by atoms with Gasteiger partial charge in [-0.3, -0.25) is 9.69 Å². The molecular formula is C20H23F2N3O4. The lowest BCUT2D eigenvalue weighted by Gasteiger charge is -2.30. The van der Waals surface area contributed by atoms with Crippen LogP contribution in [-0.4, -0.2) is 45.8 Å². The summed E-state index contributed by atoms with van der Waals surface area (Å²) in [5, 5.41) is 0. The lowest BCUT2D eigenvalue weighted by Crippen LogP contribution is -2.41. The number of carbonyl (C=O) groups excluding carboxylic acids is 2. The summed E-state index contributed by atoms with van der Waals surface area (Å²) in [7, 11) is 1.26. The fourth-order valence-electron chi connectivity index (χ4n) is 4.06. The van der Waals surface area contributed by atoms with Crippen molar-refractivity contribution >= 4 is 23.1 Å². The minimum Gasteiger partial charge on any atom is -0.469 e. The Morgan fingerprint density at radius 1 is 1.10 bits per heavy atom. The molecule has 2 aliphatic rings. The molecule has 0 saturated heterocycles. The average molecular weight is 407 g/mol. The molecule has 1 aliphatic carbocycles. The van der Waals surface area contributed by atoms with Crippen LogP contribution in [0.25, 0.3) is 11.0 Å². The molecule has 1 amide bonds. The highest BCUT2D eigenvalue weighted by Gasteiger charge is 2.37. The number of esters is 1. The van der Waals surface area contributed by atoms with E-state index in [1.54, 1.807) is 25.3 Å². The molecule has 9 heteroatoms. The Morgan fingerprint density at radius 3 is 2.38 bits per heavy atom. The van der Waals surface area contributed by atoms with Crippen LogP contribution in [0, 0.1) is 17.6 Å². The number of benzene rings is 1. The summed E-state index contributed by atoms with van der Waals surface area (Å²) < 4.78 is 42.2. The maximum absolute atomic E-state index is 15.3. The van der Waals surface area contributed by atoms with Gasteiger partial charge in [-0.2, -0.15) is 0 Å². The van der Waals surface area contributed by atoms with Gasteiger partial charge in [0.15, 0.2) is 11.6 Å². The highest BCUT2D eigenvalue weighted by molar-refractivity contribution is 5.83. The third kappa shape index (κ3) is 3.22. The predicted octanol–water partition coefficient (Wildman–Crippen LogP) is 2.95. The summed E-state index contributed by atoms with van der Waals surface area (Å²) in [6.45, 7) is 6.02. The second-order valence-electron chi connectivity index (χ2n) is 8.49. The molecule has 0 fully saturated rings. The van der Waals surface area contributed by atoms with Crippen molar-refractivity contribution in [3.8, 4) is 0 Å². The van der Waals surface area contributed by atoms with E-state index in [2.05, 4.69) is 4.98 Å². The lowest BCUT2D eigenvalue weighted by atomic mass is 10.1. The normalized spacial score (nSPS) is 18.6. The van der Waals surface area contributed by atoms with Crippen LogP contribution in [0.2, 0.25) is 0 Å². The van der Waals surface area contributed by atoms with E-state index in [9.17, 15) is 9.59 Å². The number of halogens is 2. The summed E-state index contributed by atoms with van der Waals surface area (Å²) in [4.78, 5) is 29.9. The standard InChI is InChI=1S/C20H23F2N3O4/c1-20(2,3)29-19(27)24-5-6-25-13(9-24)23-16-14(21)11-7-10(18(26)28-4)8-12(11)15(22)17(16)25/h10H,5-9H2,1-4H3. The first-order chi connectivity index (χ1) is 13.6. The molecule has 1 unspecified atom stereocenters. The highest BCUT2D eigenvalue weighted by Crippen LogP contribution is 2.37. The van der Waals surface area contributed by atoms with Gasteiger partial charge in [-0.15, -0.1) is 0 Å². The Hall–Kier alpha value is -2.71. The van der Waals surface area contributed by atoms with Crippen LogP contribution in [0.15, 0.2) is 0 Å². The molecular weight excluding hydrogens is 384 g/mol. The molecule has 0 spiro atoms. The molecule has 1 aromatic heterocycles. The first-order valence-corrected chi connectivity index (χ1v) is 9.54. The van der Waals surface area contributed by atoms with E-state index >= 15 is 8.78 Å². The molecule has 7 nitrogen and oxygen atoms in total. The van der Waals surface area contributed by atoms with E-state index in [1.165, 1.54) is 12.0 Å². The van der Waals surface area contributed by atoms with Gasteiger partial charge in [-0.25, -0.2) is 18.6 Å². The molecule has 2 aromatic rings. The second-order valence-corrected chi connectivity index (χ2v) is 8.49. The number of amides is 1. The Labute approximate surface area is 166 Å². The minimum atomic E-state index is -0.635. The number of imidazole rings is 1. The van der Waals surface area contributed by atoms with E-state index in [4.69, 9.17) is 9.47 Å². The van der Waals surface area contributed by atoms with E-state index < -0.39 is 35.2 Å².